The van der Waals surface area contributed by atoms with Crippen molar-refractivity contribution < 1.29 is 4.74 Å². The fourth-order valence-electron chi connectivity index (χ4n) is 1.57. The fourth-order valence-corrected chi connectivity index (χ4v) is 1.80. The Morgan fingerprint density at radius 3 is 2.79 bits per heavy atom. The van der Waals surface area contributed by atoms with E-state index in [9.17, 15) is 0 Å². The molecular weight excluding hydrogens is 258 g/mol. The molecule has 1 aromatic heterocycles. The van der Waals surface area contributed by atoms with Crippen molar-refractivity contribution in [1.29, 1.82) is 0 Å². The zero-order valence-corrected chi connectivity index (χ0v) is 11.4. The summed E-state index contributed by atoms with van der Waals surface area (Å²) in [6.45, 7) is 2.56. The Morgan fingerprint density at radius 2 is 2.05 bits per heavy atom. The van der Waals surface area contributed by atoms with Gasteiger partial charge in [-0.2, -0.15) is 0 Å². The van der Waals surface area contributed by atoms with E-state index < -0.39 is 0 Å². The maximum absolute atomic E-state index is 5.53. The van der Waals surface area contributed by atoms with Crippen molar-refractivity contribution in [2.45, 2.75) is 6.92 Å². The van der Waals surface area contributed by atoms with E-state index in [4.69, 9.17) is 17.0 Å². The van der Waals surface area contributed by atoms with E-state index >= 15 is 0 Å². The molecule has 0 fully saturated rings. The second-order valence-corrected chi connectivity index (χ2v) is 4.16. The summed E-state index contributed by atoms with van der Waals surface area (Å²) in [6.07, 6.45) is 3.43. The molecule has 1 heterocycles. The summed E-state index contributed by atoms with van der Waals surface area (Å²) in [6, 6.07) is 11.4. The van der Waals surface area contributed by atoms with Gasteiger partial charge in [0.25, 0.3) is 0 Å². The molecule has 0 radical (unpaired) electrons. The van der Waals surface area contributed by atoms with E-state index in [0.29, 0.717) is 11.7 Å². The number of thiocarbonyl (C=S) groups is 1. The second kappa shape index (κ2) is 6.70. The van der Waals surface area contributed by atoms with E-state index in [1.54, 1.807) is 12.4 Å². The molecule has 0 amide bonds. The molecular formula is C14H15N3OS. The smallest absolute Gasteiger partial charge is 0.175 e. The van der Waals surface area contributed by atoms with Crippen molar-refractivity contribution in [1.82, 2.24) is 4.98 Å². The number of para-hydroxylation sites is 2. The predicted molar refractivity (Wildman–Crippen MR) is 81.7 cm³/mol. The second-order valence-electron chi connectivity index (χ2n) is 3.75. The number of nitrogens with one attached hydrogen (secondary N) is 2. The van der Waals surface area contributed by atoms with E-state index in [1.807, 2.05) is 43.3 Å². The Kier molecular flexibility index (Phi) is 4.69. The average Bonchev–Trinajstić information content (AvgIpc) is 2.42. The number of pyridine rings is 1. The van der Waals surface area contributed by atoms with Gasteiger partial charge in [0.1, 0.15) is 5.75 Å². The van der Waals surface area contributed by atoms with Crippen LogP contribution in [0.5, 0.6) is 5.75 Å². The first-order valence-electron chi connectivity index (χ1n) is 5.99. The number of ether oxygens (including phenoxy) is 1. The van der Waals surface area contributed by atoms with E-state index in [1.165, 1.54) is 0 Å². The summed E-state index contributed by atoms with van der Waals surface area (Å²) in [7, 11) is 0. The van der Waals surface area contributed by atoms with Crippen LogP contribution in [0.15, 0.2) is 48.8 Å². The van der Waals surface area contributed by atoms with Gasteiger partial charge in [-0.25, -0.2) is 0 Å². The number of hydrogen-bond acceptors (Lipinski definition) is 3. The molecule has 0 unspecified atom stereocenters. The number of nitrogens with zero attached hydrogens (tertiary/aromatic N) is 1. The van der Waals surface area contributed by atoms with Gasteiger partial charge < -0.3 is 15.4 Å². The van der Waals surface area contributed by atoms with Crippen molar-refractivity contribution in [2.75, 3.05) is 17.2 Å². The first-order valence-corrected chi connectivity index (χ1v) is 6.40. The highest BCUT2D eigenvalue weighted by Gasteiger charge is 2.04. The molecule has 2 aromatic rings. The molecule has 0 aliphatic rings. The van der Waals surface area contributed by atoms with Crippen molar-refractivity contribution in [2.24, 2.45) is 0 Å². The van der Waals surface area contributed by atoms with Gasteiger partial charge in [-0.1, -0.05) is 12.1 Å². The summed E-state index contributed by atoms with van der Waals surface area (Å²) < 4.78 is 5.53. The number of rotatable bonds is 4. The molecule has 0 aliphatic heterocycles. The van der Waals surface area contributed by atoms with Crippen LogP contribution < -0.4 is 15.4 Å². The van der Waals surface area contributed by atoms with Gasteiger partial charge in [-0.05, 0) is 43.4 Å². The zero-order chi connectivity index (χ0) is 13.5. The third kappa shape index (κ3) is 3.93. The average molecular weight is 273 g/mol. The lowest BCUT2D eigenvalue weighted by Gasteiger charge is -2.13. The predicted octanol–water partition coefficient (Wildman–Crippen LogP) is 3.29. The molecule has 0 spiro atoms. The molecule has 0 saturated carbocycles. The van der Waals surface area contributed by atoms with Crippen LogP contribution in [0.1, 0.15) is 6.92 Å². The molecule has 2 rings (SSSR count). The molecule has 0 bridgehead atoms. The van der Waals surface area contributed by atoms with Gasteiger partial charge in [-0.3, -0.25) is 4.98 Å². The van der Waals surface area contributed by atoms with Gasteiger partial charge in [0.2, 0.25) is 0 Å². The first kappa shape index (κ1) is 13.3. The Balaban J connectivity index is 2.03. The monoisotopic (exact) mass is 273 g/mol. The lowest BCUT2D eigenvalue weighted by molar-refractivity contribution is 0.342. The van der Waals surface area contributed by atoms with Crippen LogP contribution in [0.25, 0.3) is 0 Å². The summed E-state index contributed by atoms with van der Waals surface area (Å²) in [5.41, 5.74) is 1.68. The minimum atomic E-state index is 0.500. The normalized spacial score (nSPS) is 9.74. The Morgan fingerprint density at radius 1 is 1.21 bits per heavy atom. The number of benzene rings is 1. The van der Waals surface area contributed by atoms with Gasteiger partial charge in [0.05, 0.1) is 24.2 Å². The van der Waals surface area contributed by atoms with Crippen LogP contribution >= 0.6 is 12.2 Å². The summed E-state index contributed by atoms with van der Waals surface area (Å²) in [4.78, 5) is 4.02. The highest BCUT2D eigenvalue weighted by molar-refractivity contribution is 7.80. The fraction of sp³-hybridized carbons (Fsp3) is 0.143. The molecule has 4 nitrogen and oxygen atoms in total. The summed E-state index contributed by atoms with van der Waals surface area (Å²) in [5.74, 6) is 0.778. The lowest BCUT2D eigenvalue weighted by atomic mass is 10.3. The molecule has 5 heteroatoms. The van der Waals surface area contributed by atoms with Crippen molar-refractivity contribution >= 4 is 28.7 Å². The molecule has 0 atom stereocenters. The van der Waals surface area contributed by atoms with E-state index in [2.05, 4.69) is 15.6 Å². The number of anilines is 2. The minimum absolute atomic E-state index is 0.500. The number of hydrogen-bond donors (Lipinski definition) is 2. The van der Waals surface area contributed by atoms with Crippen molar-refractivity contribution in [3.05, 3.63) is 48.8 Å². The third-order valence-corrected chi connectivity index (χ3v) is 2.56. The molecule has 0 saturated heterocycles. The Labute approximate surface area is 117 Å². The first-order chi connectivity index (χ1) is 9.29. The van der Waals surface area contributed by atoms with E-state index in [-0.39, 0.29) is 0 Å². The number of aromatic nitrogens is 1. The summed E-state index contributed by atoms with van der Waals surface area (Å²) >= 11 is 5.26. The molecule has 19 heavy (non-hydrogen) atoms. The molecule has 2 N–H and O–H groups in total. The third-order valence-electron chi connectivity index (χ3n) is 2.35. The topological polar surface area (TPSA) is 46.2 Å². The maximum atomic E-state index is 5.53. The van der Waals surface area contributed by atoms with Gasteiger partial charge in [-0.15, -0.1) is 0 Å². The van der Waals surface area contributed by atoms with Crippen LogP contribution in [0.2, 0.25) is 0 Å². The SMILES string of the molecule is CCOc1ccccc1NC(=S)Nc1cccnc1. The van der Waals surface area contributed by atoms with Crippen LogP contribution in [-0.2, 0) is 0 Å². The molecule has 1 aromatic carbocycles. The minimum Gasteiger partial charge on any atom is -0.492 e. The lowest BCUT2D eigenvalue weighted by Crippen LogP contribution is -2.19. The molecule has 98 valence electrons. The van der Waals surface area contributed by atoms with Gasteiger partial charge in [0, 0.05) is 6.20 Å². The maximum Gasteiger partial charge on any atom is 0.175 e. The molecule has 0 aliphatic carbocycles. The standard InChI is InChI=1S/C14H15N3OS/c1-2-18-13-8-4-3-7-12(13)17-14(19)16-11-6-5-9-15-10-11/h3-10H,2H2,1H3,(H2,16,17,19). The van der Waals surface area contributed by atoms with Crippen LogP contribution in [0.3, 0.4) is 0 Å². The largest absolute Gasteiger partial charge is 0.492 e. The zero-order valence-electron chi connectivity index (χ0n) is 10.6. The summed E-state index contributed by atoms with van der Waals surface area (Å²) in [5, 5.41) is 6.67. The van der Waals surface area contributed by atoms with Crippen molar-refractivity contribution in [3.8, 4) is 5.75 Å². The van der Waals surface area contributed by atoms with Crippen LogP contribution in [0, 0.1) is 0 Å². The van der Waals surface area contributed by atoms with Crippen molar-refractivity contribution in [3.63, 3.8) is 0 Å². The van der Waals surface area contributed by atoms with Gasteiger partial charge in [0.15, 0.2) is 5.11 Å². The van der Waals surface area contributed by atoms with Gasteiger partial charge >= 0.3 is 0 Å². The Bertz CT molecular complexity index is 545. The highest BCUT2D eigenvalue weighted by Crippen LogP contribution is 2.23. The highest BCUT2D eigenvalue weighted by atomic mass is 32.1. The van der Waals surface area contributed by atoms with E-state index in [0.717, 1.165) is 17.1 Å². The van der Waals surface area contributed by atoms with Crippen LogP contribution in [0.4, 0.5) is 11.4 Å². The quantitative estimate of drug-likeness (QED) is 0.837. The van der Waals surface area contributed by atoms with Crippen LogP contribution in [-0.4, -0.2) is 16.7 Å². The Hall–Kier alpha value is -2.14.